The van der Waals surface area contributed by atoms with Crippen molar-refractivity contribution in [1.82, 2.24) is 10.2 Å². The molecule has 0 atom stereocenters. The van der Waals surface area contributed by atoms with Gasteiger partial charge in [-0.25, -0.2) is 17.6 Å². The minimum atomic E-state index is -3.80. The van der Waals surface area contributed by atoms with Crippen LogP contribution in [0.4, 0.5) is 9.18 Å². The van der Waals surface area contributed by atoms with Crippen molar-refractivity contribution in [3.63, 3.8) is 0 Å². The fraction of sp³-hybridized carbons (Fsp3) is 0.385. The van der Waals surface area contributed by atoms with Crippen molar-refractivity contribution in [2.24, 2.45) is 0 Å². The Morgan fingerprint density at radius 3 is 2.45 bits per heavy atom. The smallest absolute Gasteiger partial charge is 0.324 e. The Morgan fingerprint density at radius 2 is 1.95 bits per heavy atom. The van der Waals surface area contributed by atoms with E-state index in [-0.39, 0.29) is 16.5 Å². The number of rotatable bonds is 4. The second-order valence-electron chi connectivity index (χ2n) is 5.41. The zero-order chi connectivity index (χ0) is 16.7. The molecule has 0 radical (unpaired) electrons. The average molecular weight is 349 g/mol. The molecule has 22 heavy (non-hydrogen) atoms. The third-order valence-corrected chi connectivity index (χ3v) is 5.26. The van der Waals surface area contributed by atoms with E-state index in [0.29, 0.717) is 0 Å². The standard InChI is InChI=1S/C13H14ClFN2O4S/c1-13(2)11(18)17(12(19)16-13)5-6-22(20,21)8-3-4-10(15)9(14)7-8/h3-4,7H,5-6H2,1-2H3,(H,16,19). The van der Waals surface area contributed by atoms with Gasteiger partial charge in [0, 0.05) is 6.54 Å². The van der Waals surface area contributed by atoms with Gasteiger partial charge in [0.15, 0.2) is 9.84 Å². The summed E-state index contributed by atoms with van der Waals surface area (Å²) in [6.45, 7) is 2.77. The van der Waals surface area contributed by atoms with Crippen LogP contribution < -0.4 is 5.32 Å². The summed E-state index contributed by atoms with van der Waals surface area (Å²) in [5.41, 5.74) is -1.06. The van der Waals surface area contributed by atoms with Crippen LogP contribution in [0.2, 0.25) is 5.02 Å². The van der Waals surface area contributed by atoms with Crippen LogP contribution in [-0.2, 0) is 14.6 Å². The minimum Gasteiger partial charge on any atom is -0.324 e. The molecule has 0 spiro atoms. The zero-order valence-electron chi connectivity index (χ0n) is 11.9. The number of carbonyl (C=O) groups excluding carboxylic acids is 2. The van der Waals surface area contributed by atoms with E-state index < -0.39 is 38.9 Å². The lowest BCUT2D eigenvalue weighted by Crippen LogP contribution is -2.40. The molecule has 1 aromatic carbocycles. The molecule has 3 amide bonds. The number of amides is 3. The summed E-state index contributed by atoms with van der Waals surface area (Å²) in [5, 5.41) is 2.15. The Morgan fingerprint density at radius 1 is 1.32 bits per heavy atom. The molecular formula is C13H14ClFN2O4S. The second kappa shape index (κ2) is 5.51. The second-order valence-corrected chi connectivity index (χ2v) is 7.92. The van der Waals surface area contributed by atoms with E-state index in [1.165, 1.54) is 13.8 Å². The van der Waals surface area contributed by atoms with Gasteiger partial charge < -0.3 is 5.32 Å². The predicted octanol–water partition coefficient (Wildman–Crippen LogP) is 1.58. The van der Waals surface area contributed by atoms with Crippen LogP contribution >= 0.6 is 11.6 Å². The Balaban J connectivity index is 2.15. The summed E-state index contributed by atoms with van der Waals surface area (Å²) < 4.78 is 37.4. The highest BCUT2D eigenvalue weighted by atomic mass is 35.5. The average Bonchev–Trinajstić information content (AvgIpc) is 2.59. The number of imide groups is 1. The number of hydrogen-bond acceptors (Lipinski definition) is 4. The summed E-state index contributed by atoms with van der Waals surface area (Å²) in [7, 11) is -3.80. The summed E-state index contributed by atoms with van der Waals surface area (Å²) in [4.78, 5) is 24.3. The molecule has 1 fully saturated rings. The van der Waals surface area contributed by atoms with Crippen molar-refractivity contribution in [3.8, 4) is 0 Å². The topological polar surface area (TPSA) is 83.6 Å². The first-order valence-electron chi connectivity index (χ1n) is 6.36. The van der Waals surface area contributed by atoms with E-state index >= 15 is 0 Å². The van der Waals surface area contributed by atoms with E-state index in [2.05, 4.69) is 5.32 Å². The van der Waals surface area contributed by atoms with Gasteiger partial charge in [-0.2, -0.15) is 0 Å². The van der Waals surface area contributed by atoms with Gasteiger partial charge in [0.25, 0.3) is 5.91 Å². The molecule has 0 bridgehead atoms. The number of urea groups is 1. The minimum absolute atomic E-state index is 0.162. The van der Waals surface area contributed by atoms with Gasteiger partial charge in [-0.05, 0) is 32.0 Å². The number of sulfone groups is 1. The zero-order valence-corrected chi connectivity index (χ0v) is 13.5. The van der Waals surface area contributed by atoms with Gasteiger partial charge in [-0.3, -0.25) is 9.69 Å². The number of carbonyl (C=O) groups is 2. The highest BCUT2D eigenvalue weighted by molar-refractivity contribution is 7.91. The van der Waals surface area contributed by atoms with Gasteiger partial charge in [0.2, 0.25) is 0 Å². The maximum absolute atomic E-state index is 13.1. The number of hydrogen-bond donors (Lipinski definition) is 1. The van der Waals surface area contributed by atoms with Crippen molar-refractivity contribution in [2.75, 3.05) is 12.3 Å². The molecule has 1 N–H and O–H groups in total. The highest BCUT2D eigenvalue weighted by Gasteiger charge is 2.44. The van der Waals surface area contributed by atoms with Gasteiger partial charge in [0.1, 0.15) is 11.4 Å². The Kier molecular flexibility index (Phi) is 4.18. The molecule has 1 aliphatic heterocycles. The van der Waals surface area contributed by atoms with Crippen LogP contribution in [0, 0.1) is 5.82 Å². The molecule has 120 valence electrons. The molecule has 2 rings (SSSR count). The lowest BCUT2D eigenvalue weighted by Gasteiger charge is -2.16. The van der Waals surface area contributed by atoms with Crippen molar-refractivity contribution in [1.29, 1.82) is 0 Å². The van der Waals surface area contributed by atoms with Crippen LogP contribution in [0.1, 0.15) is 13.8 Å². The van der Waals surface area contributed by atoms with Gasteiger partial charge in [-0.15, -0.1) is 0 Å². The van der Waals surface area contributed by atoms with E-state index in [1.807, 2.05) is 0 Å². The highest BCUT2D eigenvalue weighted by Crippen LogP contribution is 2.21. The van der Waals surface area contributed by atoms with Crippen molar-refractivity contribution in [2.45, 2.75) is 24.3 Å². The molecule has 9 heteroatoms. The molecule has 1 aromatic rings. The van der Waals surface area contributed by atoms with E-state index in [1.54, 1.807) is 0 Å². The lowest BCUT2D eigenvalue weighted by molar-refractivity contribution is -0.130. The Labute approximate surface area is 132 Å². The number of halogens is 2. The van der Waals surface area contributed by atoms with Crippen molar-refractivity contribution < 1.29 is 22.4 Å². The number of nitrogens with one attached hydrogen (secondary N) is 1. The van der Waals surface area contributed by atoms with Crippen LogP contribution in [0.5, 0.6) is 0 Å². The van der Waals surface area contributed by atoms with Crippen LogP contribution in [0.25, 0.3) is 0 Å². The molecule has 1 saturated heterocycles. The first kappa shape index (κ1) is 16.7. The fourth-order valence-electron chi connectivity index (χ4n) is 2.02. The van der Waals surface area contributed by atoms with Crippen molar-refractivity contribution >= 4 is 33.4 Å². The van der Waals surface area contributed by atoms with Crippen LogP contribution in [-0.4, -0.2) is 43.1 Å². The molecular weight excluding hydrogens is 335 g/mol. The largest absolute Gasteiger partial charge is 0.325 e. The molecule has 1 heterocycles. The molecule has 0 aliphatic carbocycles. The third-order valence-electron chi connectivity index (χ3n) is 3.28. The Bertz CT molecular complexity index is 748. The van der Waals surface area contributed by atoms with Gasteiger partial charge in [-0.1, -0.05) is 11.6 Å². The first-order chi connectivity index (χ1) is 10.0. The summed E-state index contributed by atoms with van der Waals surface area (Å²) >= 11 is 5.56. The molecule has 0 aromatic heterocycles. The van der Waals surface area contributed by atoms with E-state index in [4.69, 9.17) is 11.6 Å². The predicted molar refractivity (Wildman–Crippen MR) is 77.8 cm³/mol. The molecule has 6 nitrogen and oxygen atoms in total. The molecule has 0 saturated carbocycles. The normalized spacial score (nSPS) is 17.7. The summed E-state index contributed by atoms with van der Waals surface area (Å²) in [5.74, 6) is -1.69. The van der Waals surface area contributed by atoms with Gasteiger partial charge >= 0.3 is 6.03 Å². The fourth-order valence-corrected chi connectivity index (χ4v) is 3.50. The number of benzene rings is 1. The maximum atomic E-state index is 13.1. The first-order valence-corrected chi connectivity index (χ1v) is 8.39. The number of nitrogens with zero attached hydrogens (tertiary/aromatic N) is 1. The lowest BCUT2D eigenvalue weighted by atomic mass is 10.1. The van der Waals surface area contributed by atoms with E-state index in [0.717, 1.165) is 23.1 Å². The quantitative estimate of drug-likeness (QED) is 0.661. The van der Waals surface area contributed by atoms with Gasteiger partial charge in [0.05, 0.1) is 15.7 Å². The molecule has 0 unspecified atom stereocenters. The van der Waals surface area contributed by atoms with Crippen LogP contribution in [0.15, 0.2) is 23.1 Å². The van der Waals surface area contributed by atoms with Crippen molar-refractivity contribution in [3.05, 3.63) is 29.0 Å². The third kappa shape index (κ3) is 3.07. The SMILES string of the molecule is CC1(C)NC(=O)N(CCS(=O)(=O)c2ccc(F)c(Cl)c2)C1=O. The molecule has 1 aliphatic rings. The summed E-state index contributed by atoms with van der Waals surface area (Å²) in [6, 6.07) is 2.41. The Hall–Kier alpha value is -1.67. The van der Waals surface area contributed by atoms with Crippen LogP contribution in [0.3, 0.4) is 0 Å². The summed E-state index contributed by atoms with van der Waals surface area (Å²) in [6.07, 6.45) is 0. The monoisotopic (exact) mass is 348 g/mol. The maximum Gasteiger partial charge on any atom is 0.325 e. The van der Waals surface area contributed by atoms with E-state index in [9.17, 15) is 22.4 Å².